The standard InChI is InChI=1S/C5H9NO2.Cs.H/c7-5(8)4-2-1-3-6-4;;/h4,6H,1-3H2,(H,7,8);;. The quantitative estimate of drug-likeness (QED) is 0.638. The zero-order valence-electron chi connectivity index (χ0n) is 4.55. The molecule has 1 atom stereocenters. The van der Waals surface area contributed by atoms with Gasteiger partial charge in [-0.2, -0.15) is 0 Å². The monoisotopic (exact) mass is 249 g/mol. The van der Waals surface area contributed by atoms with Crippen LogP contribution in [0.2, 0.25) is 0 Å². The molecule has 0 aliphatic carbocycles. The molecule has 0 aromatic carbocycles. The summed E-state index contributed by atoms with van der Waals surface area (Å²) in [7, 11) is 0. The first-order valence-electron chi connectivity index (χ1n) is 2.77. The van der Waals surface area contributed by atoms with Crippen molar-refractivity contribution in [1.29, 1.82) is 0 Å². The summed E-state index contributed by atoms with van der Waals surface area (Å²) < 4.78 is 0. The Morgan fingerprint density at radius 2 is 2.33 bits per heavy atom. The minimum absolute atomic E-state index is 0. The first-order valence-corrected chi connectivity index (χ1v) is 2.77. The fourth-order valence-electron chi connectivity index (χ4n) is 0.895. The Labute approximate surface area is 113 Å². The van der Waals surface area contributed by atoms with E-state index in [0.29, 0.717) is 0 Å². The van der Waals surface area contributed by atoms with Crippen molar-refractivity contribution in [3.05, 3.63) is 0 Å². The predicted molar refractivity (Wildman–Crippen MR) is 35.8 cm³/mol. The Hall–Kier alpha value is 1.48. The molecule has 0 aromatic rings. The number of carboxylic acids is 1. The molecule has 1 heterocycles. The minimum atomic E-state index is -0.720. The van der Waals surface area contributed by atoms with Gasteiger partial charge in [-0.3, -0.25) is 4.79 Å². The van der Waals surface area contributed by atoms with Crippen LogP contribution in [-0.4, -0.2) is 92.6 Å². The van der Waals surface area contributed by atoms with Crippen LogP contribution in [0.3, 0.4) is 0 Å². The number of carboxylic acid groups (broad SMARTS) is 1. The molecule has 9 heavy (non-hydrogen) atoms. The van der Waals surface area contributed by atoms with E-state index in [1.807, 2.05) is 0 Å². The van der Waals surface area contributed by atoms with Crippen molar-refractivity contribution in [1.82, 2.24) is 5.32 Å². The maximum absolute atomic E-state index is 10.1. The van der Waals surface area contributed by atoms with Crippen LogP contribution in [0, 0.1) is 0 Å². The van der Waals surface area contributed by atoms with Crippen LogP contribution >= 0.6 is 0 Å². The second-order valence-electron chi connectivity index (χ2n) is 1.99. The van der Waals surface area contributed by atoms with Gasteiger partial charge in [-0.1, -0.05) is 0 Å². The van der Waals surface area contributed by atoms with Crippen LogP contribution in [0.25, 0.3) is 0 Å². The van der Waals surface area contributed by atoms with Gasteiger partial charge in [0.05, 0.1) is 0 Å². The van der Waals surface area contributed by atoms with Crippen molar-refractivity contribution < 1.29 is 9.90 Å². The van der Waals surface area contributed by atoms with E-state index in [0.717, 1.165) is 19.4 Å². The van der Waals surface area contributed by atoms with Gasteiger partial charge >= 0.3 is 74.9 Å². The van der Waals surface area contributed by atoms with E-state index in [4.69, 9.17) is 5.11 Å². The van der Waals surface area contributed by atoms with Crippen LogP contribution < -0.4 is 5.32 Å². The van der Waals surface area contributed by atoms with Gasteiger partial charge in [0.1, 0.15) is 6.04 Å². The van der Waals surface area contributed by atoms with Crippen LogP contribution in [0.5, 0.6) is 0 Å². The zero-order valence-corrected chi connectivity index (χ0v) is 4.55. The molecule has 1 unspecified atom stereocenters. The van der Waals surface area contributed by atoms with E-state index >= 15 is 0 Å². The van der Waals surface area contributed by atoms with Crippen LogP contribution in [0.15, 0.2) is 0 Å². The average Bonchev–Trinajstić information content (AvgIpc) is 2.12. The molecule has 0 amide bonds. The molecule has 1 saturated heterocycles. The molecule has 48 valence electrons. The normalized spacial score (nSPS) is 25.1. The Morgan fingerprint density at radius 3 is 2.56 bits per heavy atom. The van der Waals surface area contributed by atoms with Gasteiger partial charge in [0.15, 0.2) is 0 Å². The summed E-state index contributed by atoms with van der Waals surface area (Å²) in [5.41, 5.74) is 0. The van der Waals surface area contributed by atoms with Crippen molar-refractivity contribution >= 4 is 74.9 Å². The third kappa shape index (κ3) is 3.41. The number of hydrogen-bond donors (Lipinski definition) is 2. The molecule has 0 aromatic heterocycles. The Morgan fingerprint density at radius 1 is 1.67 bits per heavy atom. The molecule has 0 spiro atoms. The van der Waals surface area contributed by atoms with Gasteiger partial charge < -0.3 is 10.4 Å². The van der Waals surface area contributed by atoms with Gasteiger partial charge in [-0.25, -0.2) is 0 Å². The molecular weight excluding hydrogens is 239 g/mol. The van der Waals surface area contributed by atoms with Gasteiger partial charge in [0.25, 0.3) is 0 Å². The van der Waals surface area contributed by atoms with E-state index in [-0.39, 0.29) is 74.9 Å². The summed E-state index contributed by atoms with van der Waals surface area (Å²) in [6.45, 7) is 0.858. The Balaban J connectivity index is 0.000000640. The van der Waals surface area contributed by atoms with Crippen molar-refractivity contribution in [2.24, 2.45) is 0 Å². The first-order chi connectivity index (χ1) is 3.80. The van der Waals surface area contributed by atoms with Crippen LogP contribution in [0.1, 0.15) is 12.8 Å². The molecule has 1 fully saturated rings. The van der Waals surface area contributed by atoms with E-state index in [9.17, 15) is 4.79 Å². The van der Waals surface area contributed by atoms with Crippen LogP contribution in [0.4, 0.5) is 0 Å². The van der Waals surface area contributed by atoms with E-state index in [2.05, 4.69) is 5.32 Å². The third-order valence-corrected chi connectivity index (χ3v) is 1.36. The third-order valence-electron chi connectivity index (χ3n) is 1.36. The number of carbonyl (C=O) groups is 1. The molecule has 1 rings (SSSR count). The maximum atomic E-state index is 10.1. The fraction of sp³-hybridized carbons (Fsp3) is 0.800. The molecule has 1 aliphatic heterocycles. The molecule has 1 aliphatic rings. The van der Waals surface area contributed by atoms with Gasteiger partial charge in [-0.15, -0.1) is 0 Å². The number of aliphatic carboxylic acids is 1. The van der Waals surface area contributed by atoms with E-state index < -0.39 is 5.97 Å². The Bertz CT molecular complexity index is 101. The molecule has 3 nitrogen and oxygen atoms in total. The van der Waals surface area contributed by atoms with Crippen molar-refractivity contribution in [3.63, 3.8) is 0 Å². The van der Waals surface area contributed by atoms with Crippen molar-refractivity contribution in [2.75, 3.05) is 6.54 Å². The molecular formula is C5H10CsNO2. The summed E-state index contributed by atoms with van der Waals surface area (Å²) >= 11 is 0. The van der Waals surface area contributed by atoms with Gasteiger partial charge in [-0.05, 0) is 19.4 Å². The number of rotatable bonds is 1. The van der Waals surface area contributed by atoms with Crippen molar-refractivity contribution in [3.8, 4) is 0 Å². The predicted octanol–water partition coefficient (Wildman–Crippen LogP) is -0.826. The Kier molecular flexibility index (Phi) is 6.03. The molecule has 4 heteroatoms. The number of hydrogen-bond acceptors (Lipinski definition) is 2. The van der Waals surface area contributed by atoms with Gasteiger partial charge in [0.2, 0.25) is 0 Å². The average molecular weight is 249 g/mol. The van der Waals surface area contributed by atoms with Crippen LogP contribution in [-0.2, 0) is 4.79 Å². The second-order valence-corrected chi connectivity index (χ2v) is 1.99. The molecule has 0 radical (unpaired) electrons. The summed E-state index contributed by atoms with van der Waals surface area (Å²) in [6.07, 6.45) is 1.78. The van der Waals surface area contributed by atoms with Crippen molar-refractivity contribution in [2.45, 2.75) is 18.9 Å². The zero-order chi connectivity index (χ0) is 5.98. The summed E-state index contributed by atoms with van der Waals surface area (Å²) in [5.74, 6) is -0.720. The second kappa shape index (κ2) is 5.17. The molecule has 0 bridgehead atoms. The molecule has 2 N–H and O–H groups in total. The number of nitrogens with one attached hydrogen (secondary N) is 1. The summed E-state index contributed by atoms with van der Waals surface area (Å²) in [6, 6.07) is -0.269. The van der Waals surface area contributed by atoms with Gasteiger partial charge in [0, 0.05) is 0 Å². The summed E-state index contributed by atoms with van der Waals surface area (Å²) in [4.78, 5) is 10.1. The SMILES string of the molecule is O=C(O)C1CCCN1.[CsH]. The topological polar surface area (TPSA) is 49.3 Å². The molecule has 0 saturated carbocycles. The van der Waals surface area contributed by atoms with E-state index in [1.165, 1.54) is 0 Å². The fourth-order valence-corrected chi connectivity index (χ4v) is 0.895. The first kappa shape index (κ1) is 10.5. The summed E-state index contributed by atoms with van der Waals surface area (Å²) in [5, 5.41) is 11.2. The van der Waals surface area contributed by atoms with E-state index in [1.54, 1.807) is 0 Å².